The molecule has 1 aromatic carbocycles. The Hall–Kier alpha value is -1.45. The number of nitrogens with zero attached hydrogens (tertiary/aromatic N) is 1. The van der Waals surface area contributed by atoms with Crippen LogP contribution in [0.2, 0.25) is 0 Å². The summed E-state index contributed by atoms with van der Waals surface area (Å²) in [4.78, 5) is 4.46. The molecule has 1 aliphatic rings. The Kier molecular flexibility index (Phi) is 4.06. The maximum Gasteiger partial charge on any atom is 0.0757 e. The zero-order valence-corrected chi connectivity index (χ0v) is 11.1. The Morgan fingerprint density at radius 2 is 2.00 bits per heavy atom. The fourth-order valence-electron chi connectivity index (χ4n) is 2.67. The van der Waals surface area contributed by atoms with Crippen molar-refractivity contribution in [2.24, 2.45) is 5.92 Å². The summed E-state index contributed by atoms with van der Waals surface area (Å²) in [5, 5.41) is 4.57. The van der Waals surface area contributed by atoms with E-state index in [0.717, 1.165) is 25.2 Å². The van der Waals surface area contributed by atoms with Gasteiger partial charge >= 0.3 is 0 Å². The van der Waals surface area contributed by atoms with E-state index in [0.29, 0.717) is 12.5 Å². The molecule has 19 heavy (non-hydrogen) atoms. The zero-order valence-electron chi connectivity index (χ0n) is 11.1. The van der Waals surface area contributed by atoms with E-state index >= 15 is 0 Å². The van der Waals surface area contributed by atoms with Gasteiger partial charge in [-0.15, -0.1) is 0 Å². The highest BCUT2D eigenvalue weighted by molar-refractivity contribution is 5.81. The Bertz CT molecular complexity index is 530. The quantitative estimate of drug-likeness (QED) is 0.913. The summed E-state index contributed by atoms with van der Waals surface area (Å²) in [6, 6.07) is 10.4. The third-order valence-electron chi connectivity index (χ3n) is 3.79. The van der Waals surface area contributed by atoms with Crippen molar-refractivity contribution >= 4 is 10.9 Å². The molecule has 0 saturated carbocycles. The van der Waals surface area contributed by atoms with Crippen LogP contribution in [-0.4, -0.2) is 24.7 Å². The van der Waals surface area contributed by atoms with Crippen molar-refractivity contribution in [1.29, 1.82) is 0 Å². The molecule has 0 radical (unpaired) electrons. The molecule has 0 bridgehead atoms. The molecule has 0 atom stereocenters. The predicted molar refractivity (Wildman–Crippen MR) is 77.0 cm³/mol. The number of benzene rings is 1. The van der Waals surface area contributed by atoms with Gasteiger partial charge in [-0.05, 0) is 37.9 Å². The molecule has 1 aromatic heterocycles. The number of aromatic nitrogens is 1. The lowest BCUT2D eigenvalue weighted by Crippen LogP contribution is -2.29. The topological polar surface area (TPSA) is 34.1 Å². The fourth-order valence-corrected chi connectivity index (χ4v) is 2.67. The molecule has 3 rings (SSSR count). The SMILES string of the molecule is c1cnc2c(COCC3CCNCC3)cccc2c1. The van der Waals surface area contributed by atoms with Crippen LogP contribution in [0.25, 0.3) is 10.9 Å². The molecule has 100 valence electrons. The fraction of sp³-hybridized carbons (Fsp3) is 0.438. The standard InChI is InChI=1S/C16H20N2O/c1-3-14-5-2-8-18-16(14)15(4-1)12-19-11-13-6-9-17-10-7-13/h1-5,8,13,17H,6-7,9-12H2. The van der Waals surface area contributed by atoms with E-state index in [1.165, 1.54) is 23.8 Å². The van der Waals surface area contributed by atoms with E-state index in [-0.39, 0.29) is 0 Å². The Morgan fingerprint density at radius 1 is 1.16 bits per heavy atom. The average molecular weight is 256 g/mol. The van der Waals surface area contributed by atoms with E-state index in [9.17, 15) is 0 Å². The third kappa shape index (κ3) is 3.11. The van der Waals surface area contributed by atoms with Gasteiger partial charge in [0.1, 0.15) is 0 Å². The molecule has 0 amide bonds. The first-order valence-corrected chi connectivity index (χ1v) is 7.04. The lowest BCUT2D eigenvalue weighted by Gasteiger charge is -2.22. The maximum absolute atomic E-state index is 5.90. The van der Waals surface area contributed by atoms with Gasteiger partial charge < -0.3 is 10.1 Å². The molecule has 1 saturated heterocycles. The highest BCUT2D eigenvalue weighted by Gasteiger charge is 2.13. The molecule has 2 heterocycles. The van der Waals surface area contributed by atoms with Gasteiger partial charge in [0.25, 0.3) is 0 Å². The van der Waals surface area contributed by atoms with Crippen LogP contribution < -0.4 is 5.32 Å². The number of hydrogen-bond acceptors (Lipinski definition) is 3. The number of rotatable bonds is 4. The van der Waals surface area contributed by atoms with Crippen LogP contribution in [-0.2, 0) is 11.3 Å². The predicted octanol–water partition coefficient (Wildman–Crippen LogP) is 2.75. The summed E-state index contributed by atoms with van der Waals surface area (Å²) in [7, 11) is 0. The van der Waals surface area contributed by atoms with Crippen molar-refractivity contribution in [2.45, 2.75) is 19.4 Å². The van der Waals surface area contributed by atoms with Crippen LogP contribution >= 0.6 is 0 Å². The minimum atomic E-state index is 0.665. The van der Waals surface area contributed by atoms with E-state index in [1.807, 2.05) is 12.3 Å². The lowest BCUT2D eigenvalue weighted by molar-refractivity contribution is 0.0769. The molecule has 0 spiro atoms. The molecular weight excluding hydrogens is 236 g/mol. The molecule has 3 heteroatoms. The van der Waals surface area contributed by atoms with Crippen LogP contribution in [0.5, 0.6) is 0 Å². The summed E-state index contributed by atoms with van der Waals surface area (Å²) in [6.45, 7) is 3.79. The zero-order chi connectivity index (χ0) is 12.9. The monoisotopic (exact) mass is 256 g/mol. The average Bonchev–Trinajstić information content (AvgIpc) is 2.49. The van der Waals surface area contributed by atoms with Gasteiger partial charge in [-0.1, -0.05) is 24.3 Å². The summed E-state index contributed by atoms with van der Waals surface area (Å²) in [5.41, 5.74) is 2.25. The first-order chi connectivity index (χ1) is 9.43. The number of ether oxygens (including phenoxy) is 1. The first kappa shape index (κ1) is 12.6. The van der Waals surface area contributed by atoms with Crippen LogP contribution in [0.4, 0.5) is 0 Å². The minimum absolute atomic E-state index is 0.665. The summed E-state index contributed by atoms with van der Waals surface area (Å²) in [5.74, 6) is 0.712. The highest BCUT2D eigenvalue weighted by Crippen LogP contribution is 2.18. The van der Waals surface area contributed by atoms with Gasteiger partial charge in [0.15, 0.2) is 0 Å². The van der Waals surface area contributed by atoms with Gasteiger partial charge in [-0.25, -0.2) is 0 Å². The maximum atomic E-state index is 5.90. The van der Waals surface area contributed by atoms with Crippen molar-refractivity contribution in [3.8, 4) is 0 Å². The van der Waals surface area contributed by atoms with Gasteiger partial charge in [0.05, 0.1) is 12.1 Å². The largest absolute Gasteiger partial charge is 0.376 e. The molecule has 2 aromatic rings. The second kappa shape index (κ2) is 6.13. The molecule has 0 unspecified atom stereocenters. The molecular formula is C16H20N2O. The highest BCUT2D eigenvalue weighted by atomic mass is 16.5. The van der Waals surface area contributed by atoms with Crippen molar-refractivity contribution < 1.29 is 4.74 Å². The van der Waals surface area contributed by atoms with E-state index in [4.69, 9.17) is 4.74 Å². The first-order valence-electron chi connectivity index (χ1n) is 7.04. The second-order valence-electron chi connectivity index (χ2n) is 5.20. The Balaban J connectivity index is 1.62. The Labute approximate surface area is 114 Å². The number of nitrogens with one attached hydrogen (secondary N) is 1. The van der Waals surface area contributed by atoms with E-state index in [2.05, 4.69) is 34.6 Å². The van der Waals surface area contributed by atoms with Crippen LogP contribution in [0, 0.1) is 5.92 Å². The number of para-hydroxylation sites is 1. The number of fused-ring (bicyclic) bond motifs is 1. The molecule has 3 nitrogen and oxygen atoms in total. The van der Waals surface area contributed by atoms with Crippen LogP contribution in [0.3, 0.4) is 0 Å². The molecule has 1 aliphatic heterocycles. The second-order valence-corrected chi connectivity index (χ2v) is 5.20. The molecule has 1 fully saturated rings. The number of piperidine rings is 1. The molecule has 1 N–H and O–H groups in total. The van der Waals surface area contributed by atoms with Crippen molar-refractivity contribution in [3.63, 3.8) is 0 Å². The van der Waals surface area contributed by atoms with Crippen molar-refractivity contribution in [3.05, 3.63) is 42.1 Å². The third-order valence-corrected chi connectivity index (χ3v) is 3.79. The molecule has 0 aliphatic carbocycles. The van der Waals surface area contributed by atoms with Crippen LogP contribution in [0.1, 0.15) is 18.4 Å². The minimum Gasteiger partial charge on any atom is -0.376 e. The lowest BCUT2D eigenvalue weighted by atomic mass is 9.99. The van der Waals surface area contributed by atoms with Crippen molar-refractivity contribution in [2.75, 3.05) is 19.7 Å². The summed E-state index contributed by atoms with van der Waals surface area (Å²) < 4.78 is 5.90. The van der Waals surface area contributed by atoms with E-state index in [1.54, 1.807) is 0 Å². The van der Waals surface area contributed by atoms with Gasteiger partial charge in [0.2, 0.25) is 0 Å². The number of hydrogen-bond donors (Lipinski definition) is 1. The Morgan fingerprint density at radius 3 is 2.89 bits per heavy atom. The normalized spacial score (nSPS) is 16.8. The summed E-state index contributed by atoms with van der Waals surface area (Å²) >= 11 is 0. The van der Waals surface area contributed by atoms with E-state index < -0.39 is 0 Å². The van der Waals surface area contributed by atoms with Gasteiger partial charge in [0, 0.05) is 23.8 Å². The smallest absolute Gasteiger partial charge is 0.0757 e. The van der Waals surface area contributed by atoms with Crippen LogP contribution in [0.15, 0.2) is 36.5 Å². The number of pyridine rings is 1. The van der Waals surface area contributed by atoms with Gasteiger partial charge in [-0.2, -0.15) is 0 Å². The van der Waals surface area contributed by atoms with Gasteiger partial charge in [-0.3, -0.25) is 4.98 Å². The van der Waals surface area contributed by atoms with Crippen molar-refractivity contribution in [1.82, 2.24) is 10.3 Å². The summed E-state index contributed by atoms with van der Waals surface area (Å²) in [6.07, 6.45) is 4.31.